The Bertz CT molecular complexity index is 958. The van der Waals surface area contributed by atoms with Crippen molar-refractivity contribution in [3.05, 3.63) is 60.4 Å². The van der Waals surface area contributed by atoms with E-state index in [1.165, 1.54) is 6.07 Å². The van der Waals surface area contributed by atoms with Crippen LogP contribution in [0.2, 0.25) is 0 Å². The van der Waals surface area contributed by atoms with Crippen LogP contribution in [0.1, 0.15) is 24.6 Å². The predicted molar refractivity (Wildman–Crippen MR) is 100 cm³/mol. The number of para-hydroxylation sites is 2. The van der Waals surface area contributed by atoms with Crippen molar-refractivity contribution in [2.24, 2.45) is 11.8 Å². The first kappa shape index (κ1) is 16.8. The number of aliphatic hydroxyl groups is 1. The zero-order valence-electron chi connectivity index (χ0n) is 15.1. The predicted octanol–water partition coefficient (Wildman–Crippen LogP) is 3.01. The van der Waals surface area contributed by atoms with Gasteiger partial charge in [0.1, 0.15) is 5.82 Å². The molecule has 6 heteroatoms. The summed E-state index contributed by atoms with van der Waals surface area (Å²) in [6.45, 7) is 2.36. The second kappa shape index (κ2) is 6.69. The quantitative estimate of drug-likeness (QED) is 0.774. The normalized spacial score (nSPS) is 28.5. The lowest BCUT2D eigenvalue weighted by atomic mass is 9.77. The second-order valence-electron chi connectivity index (χ2n) is 7.89. The second-order valence-corrected chi connectivity index (χ2v) is 7.89. The standard InChI is InChI=1S/C21H23FN4O/c22-16-4-3-7-23-18(16)12-25-10-14-8-20(21(27)9-15(14)11-25)26-13-24-17-5-1-2-6-19(17)26/h1-7,13-15,20-21,27H,8-12H2/t14-,15+,20-,21-/m1/s1. The van der Waals surface area contributed by atoms with Crippen LogP contribution in [0, 0.1) is 17.7 Å². The zero-order valence-corrected chi connectivity index (χ0v) is 15.1. The Morgan fingerprint density at radius 2 is 1.85 bits per heavy atom. The fourth-order valence-electron chi connectivity index (χ4n) is 4.92. The van der Waals surface area contributed by atoms with Gasteiger partial charge in [0, 0.05) is 25.8 Å². The number of pyridine rings is 1. The average Bonchev–Trinajstić information content (AvgIpc) is 3.26. The number of hydrogen-bond donors (Lipinski definition) is 1. The zero-order chi connectivity index (χ0) is 18.4. The molecule has 4 atom stereocenters. The molecule has 1 aliphatic heterocycles. The summed E-state index contributed by atoms with van der Waals surface area (Å²) in [5.41, 5.74) is 2.55. The molecule has 0 radical (unpaired) electrons. The van der Waals surface area contributed by atoms with Crippen LogP contribution in [0.25, 0.3) is 11.0 Å². The van der Waals surface area contributed by atoms with E-state index < -0.39 is 0 Å². The van der Waals surface area contributed by atoms with Crippen molar-refractivity contribution >= 4 is 11.0 Å². The molecule has 1 aliphatic carbocycles. The molecule has 0 spiro atoms. The highest BCUT2D eigenvalue weighted by Crippen LogP contribution is 2.42. The molecule has 2 aliphatic rings. The molecule has 140 valence electrons. The molecule has 0 amide bonds. The Morgan fingerprint density at radius 3 is 2.70 bits per heavy atom. The van der Waals surface area contributed by atoms with Gasteiger partial charge in [-0.2, -0.15) is 0 Å². The minimum atomic E-state index is -0.379. The van der Waals surface area contributed by atoms with Crippen molar-refractivity contribution in [1.29, 1.82) is 0 Å². The van der Waals surface area contributed by atoms with Gasteiger partial charge in [-0.1, -0.05) is 12.1 Å². The molecular weight excluding hydrogens is 343 g/mol. The molecule has 3 aromatic rings. The van der Waals surface area contributed by atoms with Gasteiger partial charge in [0.05, 0.1) is 35.2 Å². The third kappa shape index (κ3) is 3.03. The maximum atomic E-state index is 13.9. The van der Waals surface area contributed by atoms with Gasteiger partial charge in [-0.05, 0) is 48.9 Å². The van der Waals surface area contributed by atoms with Crippen molar-refractivity contribution in [3.8, 4) is 0 Å². The van der Waals surface area contributed by atoms with Gasteiger partial charge >= 0.3 is 0 Å². The van der Waals surface area contributed by atoms with E-state index in [9.17, 15) is 9.50 Å². The molecule has 2 aromatic heterocycles. The highest BCUT2D eigenvalue weighted by Gasteiger charge is 2.42. The summed E-state index contributed by atoms with van der Waals surface area (Å²) in [5.74, 6) is 0.722. The van der Waals surface area contributed by atoms with Crippen molar-refractivity contribution in [2.45, 2.75) is 31.5 Å². The van der Waals surface area contributed by atoms with Crippen LogP contribution in [0.5, 0.6) is 0 Å². The Kier molecular flexibility index (Phi) is 4.17. The summed E-state index contributed by atoms with van der Waals surface area (Å²) >= 11 is 0. The van der Waals surface area contributed by atoms with E-state index in [0.29, 0.717) is 24.1 Å². The molecule has 3 heterocycles. The maximum Gasteiger partial charge on any atom is 0.146 e. The SMILES string of the molecule is O[C@@H]1C[C@H]2CN(Cc3ncccc3F)C[C@H]2C[C@H]1n1cnc2ccccc21. The molecule has 1 aromatic carbocycles. The lowest BCUT2D eigenvalue weighted by molar-refractivity contribution is 0.0374. The molecule has 1 saturated carbocycles. The Labute approximate surface area is 157 Å². The number of aliphatic hydroxyl groups excluding tert-OH is 1. The molecule has 1 saturated heterocycles. The minimum absolute atomic E-state index is 0.0465. The van der Waals surface area contributed by atoms with Gasteiger partial charge in [-0.25, -0.2) is 9.37 Å². The number of imidazole rings is 1. The topological polar surface area (TPSA) is 54.2 Å². The number of benzene rings is 1. The third-order valence-corrected chi connectivity index (χ3v) is 6.23. The molecule has 0 bridgehead atoms. The van der Waals surface area contributed by atoms with Crippen LogP contribution in [-0.4, -0.2) is 43.7 Å². The summed E-state index contributed by atoms with van der Waals surface area (Å²) in [6.07, 6.45) is 4.83. The van der Waals surface area contributed by atoms with E-state index in [1.54, 1.807) is 12.3 Å². The lowest BCUT2D eigenvalue weighted by Crippen LogP contribution is -2.36. The van der Waals surface area contributed by atoms with Crippen molar-refractivity contribution in [3.63, 3.8) is 0 Å². The molecule has 0 unspecified atom stereocenters. The minimum Gasteiger partial charge on any atom is -0.391 e. The number of likely N-dealkylation sites (tertiary alicyclic amines) is 1. The molecule has 5 nitrogen and oxygen atoms in total. The van der Waals surface area contributed by atoms with E-state index in [1.807, 2.05) is 24.5 Å². The largest absolute Gasteiger partial charge is 0.391 e. The third-order valence-electron chi connectivity index (χ3n) is 6.23. The van der Waals surface area contributed by atoms with E-state index in [4.69, 9.17) is 0 Å². The highest BCUT2D eigenvalue weighted by atomic mass is 19.1. The monoisotopic (exact) mass is 366 g/mol. The number of rotatable bonds is 3. The van der Waals surface area contributed by atoms with Crippen molar-refractivity contribution in [1.82, 2.24) is 19.4 Å². The maximum absolute atomic E-state index is 13.9. The number of hydrogen-bond acceptors (Lipinski definition) is 4. The number of fused-ring (bicyclic) bond motifs is 2. The first-order chi connectivity index (χ1) is 13.2. The Morgan fingerprint density at radius 1 is 1.04 bits per heavy atom. The summed E-state index contributed by atoms with van der Waals surface area (Å²) in [4.78, 5) is 11.0. The lowest BCUT2D eigenvalue weighted by Gasteiger charge is -2.36. The van der Waals surface area contributed by atoms with Crippen LogP contribution in [0.4, 0.5) is 4.39 Å². The highest BCUT2D eigenvalue weighted by molar-refractivity contribution is 5.75. The molecule has 27 heavy (non-hydrogen) atoms. The van der Waals surface area contributed by atoms with Gasteiger partial charge < -0.3 is 9.67 Å². The number of nitrogens with zero attached hydrogens (tertiary/aromatic N) is 4. The summed E-state index contributed by atoms with van der Waals surface area (Å²) in [6, 6.07) is 11.2. The molecule has 1 N–H and O–H groups in total. The Hall–Kier alpha value is -2.31. The van der Waals surface area contributed by atoms with Gasteiger partial charge in [-0.15, -0.1) is 0 Å². The van der Waals surface area contributed by atoms with Crippen LogP contribution >= 0.6 is 0 Å². The first-order valence-electron chi connectivity index (χ1n) is 9.60. The molecular formula is C21H23FN4O. The number of aromatic nitrogens is 3. The smallest absolute Gasteiger partial charge is 0.146 e. The van der Waals surface area contributed by atoms with Gasteiger partial charge in [0.15, 0.2) is 0 Å². The summed E-state index contributed by atoms with van der Waals surface area (Å²) < 4.78 is 16.1. The van der Waals surface area contributed by atoms with Crippen molar-refractivity contribution < 1.29 is 9.50 Å². The van der Waals surface area contributed by atoms with Gasteiger partial charge in [0.25, 0.3) is 0 Å². The first-order valence-corrected chi connectivity index (χ1v) is 9.60. The van der Waals surface area contributed by atoms with E-state index >= 15 is 0 Å². The van der Waals surface area contributed by atoms with Gasteiger partial charge in [0.2, 0.25) is 0 Å². The van der Waals surface area contributed by atoms with E-state index in [0.717, 1.165) is 37.0 Å². The van der Waals surface area contributed by atoms with E-state index in [-0.39, 0.29) is 18.0 Å². The van der Waals surface area contributed by atoms with Gasteiger partial charge in [-0.3, -0.25) is 9.88 Å². The Balaban J connectivity index is 1.34. The van der Waals surface area contributed by atoms with Crippen LogP contribution in [0.15, 0.2) is 48.9 Å². The van der Waals surface area contributed by atoms with Crippen LogP contribution in [0.3, 0.4) is 0 Å². The van der Waals surface area contributed by atoms with Crippen LogP contribution in [-0.2, 0) is 6.54 Å². The fraction of sp³-hybridized carbons (Fsp3) is 0.429. The summed E-state index contributed by atoms with van der Waals surface area (Å²) in [7, 11) is 0. The summed E-state index contributed by atoms with van der Waals surface area (Å²) in [5, 5.41) is 10.8. The average molecular weight is 366 g/mol. The number of halogens is 1. The molecule has 5 rings (SSSR count). The van der Waals surface area contributed by atoms with E-state index in [2.05, 4.69) is 25.5 Å². The van der Waals surface area contributed by atoms with Crippen LogP contribution < -0.4 is 0 Å². The molecule has 2 fully saturated rings. The van der Waals surface area contributed by atoms with Crippen molar-refractivity contribution in [2.75, 3.05) is 13.1 Å². The fourth-order valence-corrected chi connectivity index (χ4v) is 4.92.